The lowest BCUT2D eigenvalue weighted by Gasteiger charge is -2.11. The van der Waals surface area contributed by atoms with E-state index in [1.54, 1.807) is 6.07 Å². The quantitative estimate of drug-likeness (QED) is 0.579. The normalized spacial score (nSPS) is 10.2. The highest BCUT2D eigenvalue weighted by Gasteiger charge is 2.07. The summed E-state index contributed by atoms with van der Waals surface area (Å²) in [5.74, 6) is -0.216. The van der Waals surface area contributed by atoms with E-state index in [1.165, 1.54) is 26.0 Å². The van der Waals surface area contributed by atoms with Gasteiger partial charge in [-0.25, -0.2) is 4.39 Å². The topological polar surface area (TPSA) is 47.3 Å². The molecule has 0 amide bonds. The number of unbranched alkanes of at least 4 members (excludes halogenated alkanes) is 2. The van der Waals surface area contributed by atoms with Gasteiger partial charge in [-0.2, -0.15) is 0 Å². The van der Waals surface area contributed by atoms with Crippen molar-refractivity contribution in [2.24, 2.45) is 0 Å². The molecule has 0 unspecified atom stereocenters. The van der Waals surface area contributed by atoms with Gasteiger partial charge in [0.25, 0.3) is 0 Å². The van der Waals surface area contributed by atoms with Gasteiger partial charge >= 0.3 is 0 Å². The number of ether oxygens (including phenoxy) is 1. The van der Waals surface area contributed by atoms with E-state index in [4.69, 9.17) is 10.5 Å². The lowest BCUT2D eigenvalue weighted by molar-refractivity contribution is 0.387. The monoisotopic (exact) mass is 226 g/mol. The molecule has 0 aliphatic carbocycles. The van der Waals surface area contributed by atoms with E-state index in [0.717, 1.165) is 18.7 Å². The molecule has 0 saturated heterocycles. The second-order valence-electron chi connectivity index (χ2n) is 3.71. The summed E-state index contributed by atoms with van der Waals surface area (Å²) in [5, 5.41) is 3.18. The van der Waals surface area contributed by atoms with Crippen molar-refractivity contribution in [3.63, 3.8) is 0 Å². The van der Waals surface area contributed by atoms with Crippen LogP contribution in [-0.4, -0.2) is 13.7 Å². The number of halogens is 1. The van der Waals surface area contributed by atoms with Crippen LogP contribution < -0.4 is 15.8 Å². The molecule has 0 spiro atoms. The zero-order valence-electron chi connectivity index (χ0n) is 9.85. The molecular formula is C12H19FN2O. The standard InChI is InChI=1S/C12H19FN2O/c1-3-4-5-6-15-11-8-12(16-2)9(13)7-10(11)14/h7-8,15H,3-6,14H2,1-2H3. The number of anilines is 2. The van der Waals surface area contributed by atoms with Gasteiger partial charge in [0.05, 0.1) is 18.5 Å². The Balaban J connectivity index is 2.64. The van der Waals surface area contributed by atoms with Crippen LogP contribution in [-0.2, 0) is 0 Å². The number of hydrogen-bond donors (Lipinski definition) is 2. The Kier molecular flexibility index (Phi) is 4.89. The van der Waals surface area contributed by atoms with Crippen molar-refractivity contribution < 1.29 is 9.13 Å². The molecule has 0 heterocycles. The van der Waals surface area contributed by atoms with Crippen molar-refractivity contribution >= 4 is 11.4 Å². The van der Waals surface area contributed by atoms with E-state index in [-0.39, 0.29) is 5.75 Å². The highest BCUT2D eigenvalue weighted by atomic mass is 19.1. The van der Waals surface area contributed by atoms with Gasteiger partial charge < -0.3 is 15.8 Å². The Morgan fingerprint density at radius 2 is 2.12 bits per heavy atom. The highest BCUT2D eigenvalue weighted by molar-refractivity contribution is 5.68. The maximum absolute atomic E-state index is 13.2. The molecule has 3 N–H and O–H groups in total. The van der Waals surface area contributed by atoms with E-state index in [0.29, 0.717) is 5.69 Å². The minimum absolute atomic E-state index is 0.215. The van der Waals surface area contributed by atoms with Crippen LogP contribution in [0.5, 0.6) is 5.75 Å². The molecular weight excluding hydrogens is 207 g/mol. The number of nitrogen functional groups attached to an aromatic ring is 1. The van der Waals surface area contributed by atoms with Crippen LogP contribution in [0.15, 0.2) is 12.1 Å². The van der Waals surface area contributed by atoms with Crippen LogP contribution in [0.3, 0.4) is 0 Å². The van der Waals surface area contributed by atoms with Crippen LogP contribution in [0, 0.1) is 5.82 Å². The largest absolute Gasteiger partial charge is 0.494 e. The van der Waals surface area contributed by atoms with E-state index < -0.39 is 5.82 Å². The van der Waals surface area contributed by atoms with Crippen LogP contribution in [0.4, 0.5) is 15.8 Å². The molecule has 0 aromatic heterocycles. The first kappa shape index (κ1) is 12.6. The molecule has 0 aliphatic rings. The lowest BCUT2D eigenvalue weighted by Crippen LogP contribution is -2.05. The third-order valence-corrected chi connectivity index (χ3v) is 2.42. The molecule has 0 aliphatic heterocycles. The van der Waals surface area contributed by atoms with Crippen molar-refractivity contribution in [2.45, 2.75) is 26.2 Å². The molecule has 0 saturated carbocycles. The van der Waals surface area contributed by atoms with Crippen LogP contribution in [0.25, 0.3) is 0 Å². The number of hydrogen-bond acceptors (Lipinski definition) is 3. The molecule has 1 rings (SSSR count). The predicted molar refractivity (Wildman–Crippen MR) is 65.4 cm³/mol. The van der Waals surface area contributed by atoms with Crippen LogP contribution in [0.1, 0.15) is 26.2 Å². The number of nitrogens with two attached hydrogens (primary N) is 1. The van der Waals surface area contributed by atoms with Crippen LogP contribution in [0.2, 0.25) is 0 Å². The van der Waals surface area contributed by atoms with Crippen molar-refractivity contribution in [1.29, 1.82) is 0 Å². The SMILES string of the molecule is CCCCCNc1cc(OC)c(F)cc1N. The molecule has 16 heavy (non-hydrogen) atoms. The fourth-order valence-electron chi connectivity index (χ4n) is 1.48. The number of methoxy groups -OCH3 is 1. The smallest absolute Gasteiger partial charge is 0.167 e. The fraction of sp³-hybridized carbons (Fsp3) is 0.500. The van der Waals surface area contributed by atoms with Crippen molar-refractivity contribution in [1.82, 2.24) is 0 Å². The fourth-order valence-corrected chi connectivity index (χ4v) is 1.48. The zero-order chi connectivity index (χ0) is 12.0. The third kappa shape index (κ3) is 3.29. The average molecular weight is 226 g/mol. The molecule has 0 fully saturated rings. The first-order chi connectivity index (χ1) is 7.69. The summed E-state index contributed by atoms with van der Waals surface area (Å²) < 4.78 is 18.1. The zero-order valence-corrected chi connectivity index (χ0v) is 9.85. The second-order valence-corrected chi connectivity index (χ2v) is 3.71. The summed E-state index contributed by atoms with van der Waals surface area (Å²) in [5.41, 5.74) is 6.84. The summed E-state index contributed by atoms with van der Waals surface area (Å²) in [6.07, 6.45) is 3.42. The Morgan fingerprint density at radius 3 is 2.75 bits per heavy atom. The van der Waals surface area contributed by atoms with Crippen molar-refractivity contribution in [3.8, 4) is 5.75 Å². The summed E-state index contributed by atoms with van der Waals surface area (Å²) >= 11 is 0. The van der Waals surface area contributed by atoms with Gasteiger partial charge in [0.1, 0.15) is 0 Å². The number of benzene rings is 1. The van der Waals surface area contributed by atoms with Gasteiger partial charge in [-0.05, 0) is 6.42 Å². The summed E-state index contributed by atoms with van der Waals surface area (Å²) in [6, 6.07) is 2.87. The van der Waals surface area contributed by atoms with E-state index in [9.17, 15) is 4.39 Å². The van der Waals surface area contributed by atoms with Crippen LogP contribution >= 0.6 is 0 Å². The van der Waals surface area contributed by atoms with E-state index >= 15 is 0 Å². The number of rotatable bonds is 6. The third-order valence-electron chi connectivity index (χ3n) is 2.42. The molecule has 0 atom stereocenters. The highest BCUT2D eigenvalue weighted by Crippen LogP contribution is 2.27. The Labute approximate surface area is 95.8 Å². The maximum Gasteiger partial charge on any atom is 0.167 e. The molecule has 4 heteroatoms. The Hall–Kier alpha value is -1.45. The second kappa shape index (κ2) is 6.20. The van der Waals surface area contributed by atoms with Gasteiger partial charge in [-0.3, -0.25) is 0 Å². The molecule has 0 bridgehead atoms. The molecule has 1 aromatic carbocycles. The van der Waals surface area contributed by atoms with Gasteiger partial charge in [-0.15, -0.1) is 0 Å². The Morgan fingerprint density at radius 1 is 1.38 bits per heavy atom. The first-order valence-electron chi connectivity index (χ1n) is 5.56. The van der Waals surface area contributed by atoms with Gasteiger partial charge in [0.15, 0.2) is 11.6 Å². The Bertz CT molecular complexity index is 342. The average Bonchev–Trinajstić information content (AvgIpc) is 2.27. The van der Waals surface area contributed by atoms with Gasteiger partial charge in [-0.1, -0.05) is 19.8 Å². The minimum Gasteiger partial charge on any atom is -0.494 e. The number of nitrogens with one attached hydrogen (secondary N) is 1. The molecule has 0 radical (unpaired) electrons. The van der Waals surface area contributed by atoms with E-state index in [1.807, 2.05) is 0 Å². The molecule has 1 aromatic rings. The maximum atomic E-state index is 13.2. The summed E-state index contributed by atoms with van der Waals surface area (Å²) in [6.45, 7) is 2.99. The summed E-state index contributed by atoms with van der Waals surface area (Å²) in [7, 11) is 1.44. The molecule has 90 valence electrons. The predicted octanol–water partition coefficient (Wildman–Crippen LogP) is 3.02. The van der Waals surface area contributed by atoms with Gasteiger partial charge in [0.2, 0.25) is 0 Å². The van der Waals surface area contributed by atoms with Crippen molar-refractivity contribution in [3.05, 3.63) is 17.9 Å². The van der Waals surface area contributed by atoms with Crippen molar-refractivity contribution in [2.75, 3.05) is 24.7 Å². The first-order valence-corrected chi connectivity index (χ1v) is 5.56. The van der Waals surface area contributed by atoms with E-state index in [2.05, 4.69) is 12.2 Å². The minimum atomic E-state index is -0.431. The lowest BCUT2D eigenvalue weighted by atomic mass is 10.2. The van der Waals surface area contributed by atoms with Gasteiger partial charge in [0, 0.05) is 18.7 Å². The molecule has 3 nitrogen and oxygen atoms in total. The summed E-state index contributed by atoms with van der Waals surface area (Å²) in [4.78, 5) is 0.